The van der Waals surface area contributed by atoms with Gasteiger partial charge >= 0.3 is 6.18 Å². The van der Waals surface area contributed by atoms with Crippen LogP contribution in [0.1, 0.15) is 19.0 Å². The number of carbonyl (C=O) groups excluding carboxylic acids is 1. The topological polar surface area (TPSA) is 76.1 Å². The molecule has 0 saturated heterocycles. The van der Waals surface area contributed by atoms with E-state index in [4.69, 9.17) is 0 Å². The summed E-state index contributed by atoms with van der Waals surface area (Å²) < 4.78 is 61.3. The number of alkyl halides is 3. The summed E-state index contributed by atoms with van der Waals surface area (Å²) in [5, 5.41) is 0. The Morgan fingerprint density at radius 2 is 2.00 bits per heavy atom. The van der Waals surface area contributed by atoms with Gasteiger partial charge in [-0.05, 0) is 12.1 Å². The average molecular weight is 282 g/mol. The van der Waals surface area contributed by atoms with E-state index in [0.29, 0.717) is 12.3 Å². The van der Waals surface area contributed by atoms with Gasteiger partial charge in [-0.2, -0.15) is 13.2 Å². The zero-order valence-electron chi connectivity index (χ0n) is 9.15. The van der Waals surface area contributed by atoms with Gasteiger partial charge in [0.25, 0.3) is 10.0 Å². The summed E-state index contributed by atoms with van der Waals surface area (Å²) in [5.74, 6) is -0.755. The Kier molecular flexibility index (Phi) is 3.95. The maximum absolute atomic E-state index is 12.2. The van der Waals surface area contributed by atoms with E-state index in [9.17, 15) is 26.4 Å². The predicted molar refractivity (Wildman–Crippen MR) is 54.9 cm³/mol. The SMILES string of the molecule is CCC(=O)NS(=O)(=O)c1ccc(C(F)(F)F)nc1. The second-order valence-electron chi connectivity index (χ2n) is 3.26. The van der Waals surface area contributed by atoms with Crippen LogP contribution in [0, 0.1) is 0 Å². The van der Waals surface area contributed by atoms with E-state index in [1.54, 1.807) is 4.72 Å². The van der Waals surface area contributed by atoms with Gasteiger partial charge in [-0.1, -0.05) is 6.92 Å². The Hall–Kier alpha value is -1.64. The van der Waals surface area contributed by atoms with Crippen molar-refractivity contribution in [3.05, 3.63) is 24.0 Å². The highest BCUT2D eigenvalue weighted by atomic mass is 32.2. The lowest BCUT2D eigenvalue weighted by atomic mass is 10.3. The third-order valence-corrected chi connectivity index (χ3v) is 3.26. The standard InChI is InChI=1S/C9H9F3N2O3S/c1-2-8(15)14-18(16,17)6-3-4-7(13-5-6)9(10,11)12/h3-5H,2H2,1H3,(H,14,15). The Labute approximate surface area is 101 Å². The van der Waals surface area contributed by atoms with E-state index in [2.05, 4.69) is 4.98 Å². The summed E-state index contributed by atoms with van der Waals surface area (Å²) in [7, 11) is -4.16. The fraction of sp³-hybridized carbons (Fsp3) is 0.333. The zero-order valence-corrected chi connectivity index (χ0v) is 9.97. The number of sulfonamides is 1. The second-order valence-corrected chi connectivity index (χ2v) is 4.94. The number of nitrogens with zero attached hydrogens (tertiary/aromatic N) is 1. The van der Waals surface area contributed by atoms with Crippen LogP contribution in [-0.2, 0) is 21.0 Å². The largest absolute Gasteiger partial charge is 0.433 e. The van der Waals surface area contributed by atoms with Gasteiger partial charge in [0.1, 0.15) is 10.6 Å². The number of amides is 1. The molecule has 18 heavy (non-hydrogen) atoms. The minimum absolute atomic E-state index is 0.0622. The van der Waals surface area contributed by atoms with Gasteiger partial charge in [0, 0.05) is 12.6 Å². The van der Waals surface area contributed by atoms with Crippen molar-refractivity contribution in [2.24, 2.45) is 0 Å². The molecule has 1 heterocycles. The normalized spacial score (nSPS) is 12.2. The van der Waals surface area contributed by atoms with Crippen molar-refractivity contribution in [2.75, 3.05) is 0 Å². The first-order valence-corrected chi connectivity index (χ1v) is 6.24. The first kappa shape index (κ1) is 14.4. The lowest BCUT2D eigenvalue weighted by molar-refractivity contribution is -0.141. The molecule has 1 aromatic heterocycles. The van der Waals surface area contributed by atoms with Crippen molar-refractivity contribution in [2.45, 2.75) is 24.4 Å². The summed E-state index contributed by atoms with van der Waals surface area (Å²) in [6.45, 7) is 1.44. The van der Waals surface area contributed by atoms with Crippen LogP contribution in [0.4, 0.5) is 13.2 Å². The Morgan fingerprint density at radius 3 is 2.39 bits per heavy atom. The zero-order chi connectivity index (χ0) is 14.0. The number of rotatable bonds is 3. The molecule has 1 amide bonds. The molecule has 0 aromatic carbocycles. The van der Waals surface area contributed by atoms with Crippen molar-refractivity contribution in [1.82, 2.24) is 9.71 Å². The Bertz CT molecular complexity index is 537. The minimum atomic E-state index is -4.64. The monoisotopic (exact) mass is 282 g/mol. The molecule has 0 fully saturated rings. The van der Waals surface area contributed by atoms with Gasteiger partial charge in [-0.15, -0.1) is 0 Å². The molecule has 9 heteroatoms. The van der Waals surface area contributed by atoms with Crippen LogP contribution in [0.25, 0.3) is 0 Å². The van der Waals surface area contributed by atoms with Crippen LogP contribution >= 0.6 is 0 Å². The van der Waals surface area contributed by atoms with Crippen molar-refractivity contribution < 1.29 is 26.4 Å². The molecule has 1 rings (SSSR count). The molecule has 0 aliphatic heterocycles. The molecule has 0 spiro atoms. The van der Waals surface area contributed by atoms with E-state index < -0.39 is 32.7 Å². The number of nitrogens with one attached hydrogen (secondary N) is 1. The molecule has 1 aromatic rings. The first-order chi connectivity index (χ1) is 8.16. The summed E-state index contributed by atoms with van der Waals surface area (Å²) in [5.41, 5.74) is -1.21. The van der Waals surface area contributed by atoms with E-state index in [1.807, 2.05) is 0 Å². The minimum Gasteiger partial charge on any atom is -0.274 e. The number of halogens is 3. The highest BCUT2D eigenvalue weighted by molar-refractivity contribution is 7.90. The maximum atomic E-state index is 12.2. The van der Waals surface area contributed by atoms with Gasteiger partial charge in [0.2, 0.25) is 5.91 Å². The average Bonchev–Trinajstić information content (AvgIpc) is 2.27. The Morgan fingerprint density at radius 1 is 1.39 bits per heavy atom. The van der Waals surface area contributed by atoms with Gasteiger partial charge in [0.05, 0.1) is 0 Å². The summed E-state index contributed by atoms with van der Waals surface area (Å²) in [6, 6.07) is 1.27. The van der Waals surface area contributed by atoms with E-state index >= 15 is 0 Å². The highest BCUT2D eigenvalue weighted by Gasteiger charge is 2.32. The molecular formula is C9H9F3N2O3S. The molecule has 0 atom stereocenters. The van der Waals surface area contributed by atoms with Crippen LogP contribution in [0.3, 0.4) is 0 Å². The van der Waals surface area contributed by atoms with E-state index in [0.717, 1.165) is 6.07 Å². The number of hydrogen-bond donors (Lipinski definition) is 1. The summed E-state index contributed by atoms with van der Waals surface area (Å²) >= 11 is 0. The van der Waals surface area contributed by atoms with Gasteiger partial charge in [-0.25, -0.2) is 13.1 Å². The molecule has 0 saturated carbocycles. The first-order valence-electron chi connectivity index (χ1n) is 4.75. The number of carbonyl (C=O) groups is 1. The second kappa shape index (κ2) is 4.92. The quantitative estimate of drug-likeness (QED) is 0.907. The van der Waals surface area contributed by atoms with Crippen LogP contribution in [0.15, 0.2) is 23.2 Å². The number of pyridine rings is 1. The van der Waals surface area contributed by atoms with Crippen LogP contribution in [0.5, 0.6) is 0 Å². The Balaban J connectivity index is 3.02. The van der Waals surface area contributed by atoms with Crippen LogP contribution in [-0.4, -0.2) is 19.3 Å². The molecular weight excluding hydrogens is 273 g/mol. The van der Waals surface area contributed by atoms with E-state index in [-0.39, 0.29) is 6.42 Å². The lowest BCUT2D eigenvalue weighted by Crippen LogP contribution is -2.30. The van der Waals surface area contributed by atoms with Gasteiger partial charge in [-0.3, -0.25) is 9.78 Å². The third kappa shape index (κ3) is 3.42. The predicted octanol–water partition coefficient (Wildman–Crippen LogP) is 1.32. The molecule has 0 bridgehead atoms. The van der Waals surface area contributed by atoms with Crippen molar-refractivity contribution in [1.29, 1.82) is 0 Å². The fourth-order valence-corrected chi connectivity index (χ4v) is 1.99. The van der Waals surface area contributed by atoms with Crippen molar-refractivity contribution >= 4 is 15.9 Å². The molecule has 5 nitrogen and oxygen atoms in total. The smallest absolute Gasteiger partial charge is 0.274 e. The van der Waals surface area contributed by atoms with Crippen LogP contribution in [0.2, 0.25) is 0 Å². The molecule has 1 N–H and O–H groups in total. The molecule has 100 valence electrons. The van der Waals surface area contributed by atoms with Gasteiger partial charge < -0.3 is 0 Å². The summed E-state index contributed by atoms with van der Waals surface area (Å²) in [4.78, 5) is 13.4. The number of aromatic nitrogens is 1. The highest BCUT2D eigenvalue weighted by Crippen LogP contribution is 2.27. The number of hydrogen-bond acceptors (Lipinski definition) is 4. The third-order valence-electron chi connectivity index (χ3n) is 1.91. The van der Waals surface area contributed by atoms with Crippen LogP contribution < -0.4 is 4.72 Å². The summed E-state index contributed by atoms with van der Waals surface area (Å²) in [6.07, 6.45) is -4.16. The van der Waals surface area contributed by atoms with E-state index in [1.165, 1.54) is 6.92 Å². The fourth-order valence-electron chi connectivity index (χ4n) is 0.988. The van der Waals surface area contributed by atoms with Crippen molar-refractivity contribution in [3.63, 3.8) is 0 Å². The maximum Gasteiger partial charge on any atom is 0.433 e. The lowest BCUT2D eigenvalue weighted by Gasteiger charge is -2.08. The molecule has 0 unspecified atom stereocenters. The molecule has 0 radical (unpaired) electrons. The van der Waals surface area contributed by atoms with Gasteiger partial charge in [0.15, 0.2) is 0 Å². The van der Waals surface area contributed by atoms with Crippen molar-refractivity contribution in [3.8, 4) is 0 Å². The molecule has 0 aliphatic rings. The molecule has 0 aliphatic carbocycles.